The predicted octanol–water partition coefficient (Wildman–Crippen LogP) is 3.97. The highest BCUT2D eigenvalue weighted by molar-refractivity contribution is 5.99. The van der Waals surface area contributed by atoms with E-state index in [0.717, 1.165) is 47.5 Å². The SMILES string of the molecule is COc1ccc(-c2cccn3nc(N=C4C=CC(C(=O)NC5CC5)C(C)C4)nc23)cc1. The summed E-state index contributed by atoms with van der Waals surface area (Å²) in [4.78, 5) is 21.8. The summed E-state index contributed by atoms with van der Waals surface area (Å²) in [6.45, 7) is 2.09. The molecule has 0 radical (unpaired) electrons. The Bertz CT molecular complexity index is 1170. The zero-order valence-corrected chi connectivity index (χ0v) is 17.7. The van der Waals surface area contributed by atoms with Crippen molar-refractivity contribution in [1.82, 2.24) is 19.9 Å². The Morgan fingerprint density at radius 1 is 1.23 bits per heavy atom. The second-order valence-corrected chi connectivity index (χ2v) is 8.28. The number of aliphatic imine (C=N–C) groups is 1. The summed E-state index contributed by atoms with van der Waals surface area (Å²) in [6.07, 6.45) is 8.69. The number of hydrogen-bond donors (Lipinski definition) is 1. The molecule has 0 bridgehead atoms. The van der Waals surface area contributed by atoms with E-state index >= 15 is 0 Å². The van der Waals surface area contributed by atoms with Crippen LogP contribution in [0, 0.1) is 11.8 Å². The topological polar surface area (TPSA) is 80.9 Å². The molecule has 1 N–H and O–H groups in total. The van der Waals surface area contributed by atoms with Gasteiger partial charge in [0.15, 0.2) is 5.65 Å². The summed E-state index contributed by atoms with van der Waals surface area (Å²) in [5, 5.41) is 7.63. The second kappa shape index (κ2) is 7.98. The van der Waals surface area contributed by atoms with Gasteiger partial charge in [0, 0.05) is 23.5 Å². The first kappa shape index (κ1) is 19.5. The van der Waals surface area contributed by atoms with Gasteiger partial charge in [-0.05, 0) is 61.1 Å². The minimum absolute atomic E-state index is 0.102. The molecule has 5 rings (SSSR count). The lowest BCUT2D eigenvalue weighted by Gasteiger charge is -2.24. The number of nitrogens with one attached hydrogen (secondary N) is 1. The maximum Gasteiger partial charge on any atom is 0.269 e. The van der Waals surface area contributed by atoms with E-state index in [1.54, 1.807) is 11.6 Å². The number of aromatic nitrogens is 3. The highest BCUT2D eigenvalue weighted by Gasteiger charge is 2.31. The fourth-order valence-corrected chi connectivity index (χ4v) is 3.95. The smallest absolute Gasteiger partial charge is 0.269 e. The molecule has 2 unspecified atom stereocenters. The van der Waals surface area contributed by atoms with Crippen molar-refractivity contribution in [3.63, 3.8) is 0 Å². The number of allylic oxidation sites excluding steroid dienone is 1. The van der Waals surface area contributed by atoms with Crippen molar-refractivity contribution in [2.75, 3.05) is 7.11 Å². The number of ether oxygens (including phenoxy) is 1. The average Bonchev–Trinajstić information content (AvgIpc) is 3.49. The molecule has 2 aliphatic carbocycles. The molecular formula is C24H25N5O2. The van der Waals surface area contributed by atoms with Gasteiger partial charge in [0.2, 0.25) is 5.91 Å². The molecule has 31 heavy (non-hydrogen) atoms. The third-order valence-corrected chi connectivity index (χ3v) is 5.86. The van der Waals surface area contributed by atoms with E-state index in [0.29, 0.717) is 12.0 Å². The number of carbonyl (C=O) groups excluding carboxylic acids is 1. The van der Waals surface area contributed by atoms with E-state index in [2.05, 4.69) is 27.3 Å². The molecule has 3 aromatic rings. The van der Waals surface area contributed by atoms with E-state index in [9.17, 15) is 4.79 Å². The van der Waals surface area contributed by atoms with Gasteiger partial charge < -0.3 is 10.1 Å². The van der Waals surface area contributed by atoms with Crippen LogP contribution < -0.4 is 10.1 Å². The van der Waals surface area contributed by atoms with Crippen LogP contribution in [-0.4, -0.2) is 39.4 Å². The molecule has 0 spiro atoms. The molecule has 1 aromatic carbocycles. The first-order chi connectivity index (χ1) is 15.1. The van der Waals surface area contributed by atoms with Gasteiger partial charge in [-0.1, -0.05) is 25.1 Å². The Morgan fingerprint density at radius 2 is 2.03 bits per heavy atom. The lowest BCUT2D eigenvalue weighted by Crippen LogP contribution is -2.36. The van der Waals surface area contributed by atoms with Crippen molar-refractivity contribution in [1.29, 1.82) is 0 Å². The quantitative estimate of drug-likeness (QED) is 0.684. The van der Waals surface area contributed by atoms with Crippen molar-refractivity contribution < 1.29 is 9.53 Å². The minimum atomic E-state index is -0.102. The van der Waals surface area contributed by atoms with Crippen LogP contribution in [0.3, 0.4) is 0 Å². The fraction of sp³-hybridized carbons (Fsp3) is 0.333. The average molecular weight is 415 g/mol. The van der Waals surface area contributed by atoms with Crippen molar-refractivity contribution in [3.8, 4) is 16.9 Å². The number of benzene rings is 1. The van der Waals surface area contributed by atoms with E-state index in [1.165, 1.54) is 0 Å². The second-order valence-electron chi connectivity index (χ2n) is 8.28. The van der Waals surface area contributed by atoms with Crippen LogP contribution >= 0.6 is 0 Å². The monoisotopic (exact) mass is 415 g/mol. The highest BCUT2D eigenvalue weighted by atomic mass is 16.5. The van der Waals surface area contributed by atoms with Crippen molar-refractivity contribution in [2.24, 2.45) is 16.8 Å². The van der Waals surface area contributed by atoms with Gasteiger partial charge in [-0.3, -0.25) is 4.79 Å². The lowest BCUT2D eigenvalue weighted by molar-refractivity contribution is -0.124. The molecule has 1 fully saturated rings. The van der Waals surface area contributed by atoms with E-state index < -0.39 is 0 Å². The Morgan fingerprint density at radius 3 is 2.74 bits per heavy atom. The standard InChI is InChI=1S/C24H25N5O2/c1-15-14-18(9-12-20(15)23(30)25-17-7-8-17)26-24-27-22-21(4-3-13-29(22)28-24)16-5-10-19(31-2)11-6-16/h3-6,9-13,15,17,20H,7-8,14H2,1-2H3,(H,25,30). The molecule has 2 aromatic heterocycles. The molecular weight excluding hydrogens is 390 g/mol. The van der Waals surface area contributed by atoms with Crippen molar-refractivity contribution >= 4 is 23.2 Å². The number of methoxy groups -OCH3 is 1. The van der Waals surface area contributed by atoms with Gasteiger partial charge >= 0.3 is 0 Å². The van der Waals surface area contributed by atoms with Gasteiger partial charge in [-0.2, -0.15) is 4.98 Å². The number of pyridine rings is 1. The van der Waals surface area contributed by atoms with Crippen LogP contribution in [0.15, 0.2) is 59.7 Å². The number of nitrogens with zero attached hydrogens (tertiary/aromatic N) is 4. The molecule has 2 heterocycles. The Hall–Kier alpha value is -3.48. The van der Waals surface area contributed by atoms with Crippen LogP contribution in [-0.2, 0) is 4.79 Å². The Balaban J connectivity index is 1.40. The van der Waals surface area contributed by atoms with Crippen LogP contribution in [0.25, 0.3) is 16.8 Å². The van der Waals surface area contributed by atoms with Crippen molar-refractivity contribution in [2.45, 2.75) is 32.2 Å². The van der Waals surface area contributed by atoms with E-state index in [4.69, 9.17) is 4.74 Å². The molecule has 1 saturated carbocycles. The molecule has 1 amide bonds. The van der Waals surface area contributed by atoms with Gasteiger partial charge in [0.05, 0.1) is 13.0 Å². The van der Waals surface area contributed by atoms with Crippen LogP contribution in [0.4, 0.5) is 5.95 Å². The normalized spacial score (nSPS) is 22.1. The van der Waals surface area contributed by atoms with E-state index in [-0.39, 0.29) is 17.7 Å². The first-order valence-corrected chi connectivity index (χ1v) is 10.7. The fourth-order valence-electron chi connectivity index (χ4n) is 3.95. The molecule has 158 valence electrons. The minimum Gasteiger partial charge on any atom is -0.497 e. The van der Waals surface area contributed by atoms with Gasteiger partial charge in [-0.15, -0.1) is 5.10 Å². The van der Waals surface area contributed by atoms with Crippen LogP contribution in [0.5, 0.6) is 5.75 Å². The maximum atomic E-state index is 12.4. The zero-order valence-electron chi connectivity index (χ0n) is 17.7. The van der Waals surface area contributed by atoms with Gasteiger partial charge in [-0.25, -0.2) is 9.51 Å². The highest BCUT2D eigenvalue weighted by Crippen LogP contribution is 2.29. The summed E-state index contributed by atoms with van der Waals surface area (Å²) < 4.78 is 7.00. The van der Waals surface area contributed by atoms with Gasteiger partial charge in [0.1, 0.15) is 5.75 Å². The summed E-state index contributed by atoms with van der Waals surface area (Å²) in [7, 11) is 1.65. The summed E-state index contributed by atoms with van der Waals surface area (Å²) in [6, 6.07) is 12.2. The number of amides is 1. The summed E-state index contributed by atoms with van der Waals surface area (Å²) in [5.74, 6) is 1.45. The predicted molar refractivity (Wildman–Crippen MR) is 120 cm³/mol. The molecule has 2 atom stereocenters. The van der Waals surface area contributed by atoms with E-state index in [1.807, 2.05) is 54.7 Å². The lowest BCUT2D eigenvalue weighted by atomic mass is 9.84. The third-order valence-electron chi connectivity index (χ3n) is 5.86. The van der Waals surface area contributed by atoms with Crippen molar-refractivity contribution in [3.05, 3.63) is 54.7 Å². The zero-order chi connectivity index (χ0) is 21.4. The Labute approximate surface area is 180 Å². The molecule has 0 aliphatic heterocycles. The number of carbonyl (C=O) groups is 1. The Kier molecular flexibility index (Phi) is 5.02. The molecule has 7 heteroatoms. The largest absolute Gasteiger partial charge is 0.497 e. The maximum absolute atomic E-state index is 12.4. The van der Waals surface area contributed by atoms with Crippen LogP contribution in [0.2, 0.25) is 0 Å². The van der Waals surface area contributed by atoms with Crippen LogP contribution in [0.1, 0.15) is 26.2 Å². The number of fused-ring (bicyclic) bond motifs is 1. The molecule has 7 nitrogen and oxygen atoms in total. The number of rotatable bonds is 5. The third kappa shape index (κ3) is 4.08. The van der Waals surface area contributed by atoms with Gasteiger partial charge in [0.25, 0.3) is 5.95 Å². The summed E-state index contributed by atoms with van der Waals surface area (Å²) in [5.41, 5.74) is 3.66. The number of hydrogen-bond acceptors (Lipinski definition) is 5. The summed E-state index contributed by atoms with van der Waals surface area (Å²) >= 11 is 0. The molecule has 2 aliphatic rings. The molecule has 0 saturated heterocycles. The first-order valence-electron chi connectivity index (χ1n) is 10.7.